The molecule has 1 N–H and O–H groups in total. The molecule has 4 rings (SSSR count). The Morgan fingerprint density at radius 2 is 1.90 bits per heavy atom. The molecule has 0 aromatic carbocycles. The molecule has 1 aliphatic carbocycles. The van der Waals surface area contributed by atoms with E-state index < -0.39 is 11.3 Å². The Morgan fingerprint density at radius 1 is 1.20 bits per heavy atom. The Bertz CT molecular complexity index is 1140. The van der Waals surface area contributed by atoms with Crippen molar-refractivity contribution in [1.29, 1.82) is 0 Å². The summed E-state index contributed by atoms with van der Waals surface area (Å²) in [5, 5.41) is 3.43. The number of fused-ring (bicyclic) bond motifs is 1. The molecule has 30 heavy (non-hydrogen) atoms. The van der Waals surface area contributed by atoms with E-state index in [4.69, 9.17) is 27.9 Å². The van der Waals surface area contributed by atoms with Gasteiger partial charge in [0.15, 0.2) is 0 Å². The van der Waals surface area contributed by atoms with Crippen molar-refractivity contribution in [2.45, 2.75) is 37.8 Å². The Hall–Kier alpha value is -2.48. The quantitative estimate of drug-likeness (QED) is 0.638. The third kappa shape index (κ3) is 3.93. The molecule has 0 bridgehead atoms. The number of hydrogen-bond donors (Lipinski definition) is 1. The molecule has 0 spiro atoms. The monoisotopic (exact) mass is 446 g/mol. The fourth-order valence-corrected chi connectivity index (χ4v) is 4.35. The summed E-state index contributed by atoms with van der Waals surface area (Å²) in [6.45, 7) is 0. The molecule has 1 saturated carbocycles. The fraction of sp³-hybridized carbons (Fsp3) is 0.333. The maximum Gasteiger partial charge on any atom is 0.261 e. The van der Waals surface area contributed by atoms with E-state index in [0.29, 0.717) is 11.0 Å². The van der Waals surface area contributed by atoms with Gasteiger partial charge < -0.3 is 14.6 Å². The molecule has 3 heterocycles. The van der Waals surface area contributed by atoms with Gasteiger partial charge in [-0.1, -0.05) is 23.2 Å². The number of carbonyl (C=O) groups is 1. The second kappa shape index (κ2) is 8.71. The van der Waals surface area contributed by atoms with Crippen LogP contribution < -0.4 is 10.7 Å². The number of hydrogen-bond acceptors (Lipinski definition) is 5. The molecular weight excluding hydrogens is 427 g/mol. The third-order valence-electron chi connectivity index (χ3n) is 5.50. The summed E-state index contributed by atoms with van der Waals surface area (Å²) in [5.74, 6) is -0.583. The van der Waals surface area contributed by atoms with E-state index in [0.717, 1.165) is 25.7 Å². The third-order valence-corrected chi connectivity index (χ3v) is 6.07. The smallest absolute Gasteiger partial charge is 0.261 e. The lowest BCUT2D eigenvalue weighted by Gasteiger charge is -2.30. The van der Waals surface area contributed by atoms with Gasteiger partial charge in [-0.05, 0) is 37.8 Å². The number of nitrogens with zero attached hydrogens (tertiary/aromatic N) is 3. The van der Waals surface area contributed by atoms with Gasteiger partial charge in [0.1, 0.15) is 11.2 Å². The molecule has 1 fully saturated rings. The normalized spacial score (nSPS) is 19.0. The van der Waals surface area contributed by atoms with E-state index in [9.17, 15) is 9.59 Å². The lowest BCUT2D eigenvalue weighted by atomic mass is 9.92. The van der Waals surface area contributed by atoms with E-state index in [1.165, 1.54) is 12.4 Å². The molecule has 3 aromatic rings. The van der Waals surface area contributed by atoms with Crippen LogP contribution in [0.2, 0.25) is 10.0 Å². The van der Waals surface area contributed by atoms with Gasteiger partial charge in [-0.3, -0.25) is 14.6 Å². The predicted molar refractivity (Wildman–Crippen MR) is 117 cm³/mol. The summed E-state index contributed by atoms with van der Waals surface area (Å²) in [5.41, 5.74) is 0.406. The van der Waals surface area contributed by atoms with Crippen molar-refractivity contribution < 1.29 is 9.53 Å². The molecule has 0 unspecified atom stereocenters. The first kappa shape index (κ1) is 20.8. The number of ether oxygens (including phenoxy) is 1. The van der Waals surface area contributed by atoms with Crippen molar-refractivity contribution in [2.24, 2.45) is 0 Å². The van der Waals surface area contributed by atoms with E-state index in [1.807, 2.05) is 4.57 Å². The highest BCUT2D eigenvalue weighted by molar-refractivity contribution is 6.39. The molecule has 0 radical (unpaired) electrons. The maximum absolute atomic E-state index is 13.1. The van der Waals surface area contributed by atoms with Crippen molar-refractivity contribution >= 4 is 45.8 Å². The van der Waals surface area contributed by atoms with Crippen LogP contribution in [0.1, 0.15) is 42.1 Å². The molecule has 0 atom stereocenters. The molecule has 7 nitrogen and oxygen atoms in total. The van der Waals surface area contributed by atoms with Crippen LogP contribution in [0.4, 0.5) is 5.69 Å². The molecule has 1 amide bonds. The Morgan fingerprint density at radius 3 is 2.57 bits per heavy atom. The molecule has 1 aliphatic rings. The zero-order chi connectivity index (χ0) is 21.3. The molecule has 3 aromatic heterocycles. The number of nitrogens with one attached hydrogen (secondary N) is 1. The zero-order valence-corrected chi connectivity index (χ0v) is 17.8. The van der Waals surface area contributed by atoms with Gasteiger partial charge in [0.05, 0.1) is 27.2 Å². The average Bonchev–Trinajstić information content (AvgIpc) is 2.77. The highest BCUT2D eigenvalue weighted by Gasteiger charge is 2.25. The van der Waals surface area contributed by atoms with E-state index in [1.54, 1.807) is 31.6 Å². The summed E-state index contributed by atoms with van der Waals surface area (Å²) in [7, 11) is 1.72. The van der Waals surface area contributed by atoms with Crippen LogP contribution in [0.25, 0.3) is 11.0 Å². The topological polar surface area (TPSA) is 86.1 Å². The first-order valence-corrected chi connectivity index (χ1v) is 10.4. The molecule has 0 aliphatic heterocycles. The Labute approximate surface area is 183 Å². The number of anilines is 1. The Kier molecular flexibility index (Phi) is 6.04. The number of rotatable bonds is 4. The summed E-state index contributed by atoms with van der Waals surface area (Å²) in [4.78, 5) is 34.4. The van der Waals surface area contributed by atoms with Crippen molar-refractivity contribution in [1.82, 2.24) is 14.5 Å². The fourth-order valence-electron chi connectivity index (χ4n) is 3.89. The number of pyridine rings is 3. The zero-order valence-electron chi connectivity index (χ0n) is 16.3. The van der Waals surface area contributed by atoms with Gasteiger partial charge in [-0.2, -0.15) is 0 Å². The predicted octanol–water partition coefficient (Wildman–Crippen LogP) is 4.48. The summed E-state index contributed by atoms with van der Waals surface area (Å²) in [6.07, 6.45) is 9.78. The average molecular weight is 447 g/mol. The number of halogens is 2. The first-order valence-electron chi connectivity index (χ1n) is 9.62. The highest BCUT2D eigenvalue weighted by atomic mass is 35.5. The van der Waals surface area contributed by atoms with Crippen LogP contribution in [-0.2, 0) is 4.74 Å². The summed E-state index contributed by atoms with van der Waals surface area (Å²) in [6, 6.07) is 3.49. The van der Waals surface area contributed by atoms with Gasteiger partial charge >= 0.3 is 0 Å². The van der Waals surface area contributed by atoms with Crippen LogP contribution in [0, 0.1) is 0 Å². The van der Waals surface area contributed by atoms with Crippen molar-refractivity contribution in [2.75, 3.05) is 12.4 Å². The van der Waals surface area contributed by atoms with Gasteiger partial charge in [-0.25, -0.2) is 4.98 Å². The van der Waals surface area contributed by atoms with Crippen molar-refractivity contribution in [3.63, 3.8) is 0 Å². The van der Waals surface area contributed by atoms with Gasteiger partial charge in [0.25, 0.3) is 5.91 Å². The van der Waals surface area contributed by atoms with Gasteiger partial charge in [-0.15, -0.1) is 0 Å². The second-order valence-corrected chi connectivity index (χ2v) is 8.07. The van der Waals surface area contributed by atoms with Crippen molar-refractivity contribution in [3.8, 4) is 0 Å². The lowest BCUT2D eigenvalue weighted by Crippen LogP contribution is -2.28. The van der Waals surface area contributed by atoms with E-state index in [-0.39, 0.29) is 33.4 Å². The first-order chi connectivity index (χ1) is 14.5. The van der Waals surface area contributed by atoms with E-state index >= 15 is 0 Å². The molecule has 156 valence electrons. The number of carbonyl (C=O) groups excluding carboxylic acids is 1. The maximum atomic E-state index is 13.1. The minimum Gasteiger partial charge on any atom is -0.381 e. The largest absolute Gasteiger partial charge is 0.381 e. The van der Waals surface area contributed by atoms with E-state index in [2.05, 4.69) is 15.3 Å². The van der Waals surface area contributed by atoms with Crippen LogP contribution >= 0.6 is 23.2 Å². The van der Waals surface area contributed by atoms with Crippen LogP contribution in [0.5, 0.6) is 0 Å². The number of amides is 1. The Balaban J connectivity index is 1.76. The van der Waals surface area contributed by atoms with Crippen LogP contribution in [-0.4, -0.2) is 33.7 Å². The standard InChI is InChI=1S/C21H20Cl2N4O3/c1-30-13-6-4-12(5-7-13)27-11-15(19(28)14-3-2-8-25-20(14)27)21(29)26-18-16(22)9-24-10-17(18)23/h2-3,8-13H,4-7H2,1H3,(H,24,26,29). The SMILES string of the molecule is COC1CCC(n2cc(C(=O)Nc3c(Cl)cncc3Cl)c(=O)c3cccnc32)CC1. The van der Waals surface area contributed by atoms with Crippen LogP contribution in [0.15, 0.2) is 41.7 Å². The molecule has 9 heteroatoms. The minimum atomic E-state index is -0.583. The molecular formula is C21H20Cl2N4O3. The second-order valence-electron chi connectivity index (χ2n) is 7.25. The summed E-state index contributed by atoms with van der Waals surface area (Å²) >= 11 is 12.2. The number of aromatic nitrogens is 3. The minimum absolute atomic E-state index is 0.00769. The van der Waals surface area contributed by atoms with Gasteiger partial charge in [0.2, 0.25) is 5.43 Å². The van der Waals surface area contributed by atoms with Crippen molar-refractivity contribution in [3.05, 3.63) is 62.8 Å². The van der Waals surface area contributed by atoms with Crippen LogP contribution in [0.3, 0.4) is 0 Å². The highest BCUT2D eigenvalue weighted by Crippen LogP contribution is 2.32. The number of methoxy groups -OCH3 is 1. The molecule has 0 saturated heterocycles. The lowest BCUT2D eigenvalue weighted by molar-refractivity contribution is 0.0588. The van der Waals surface area contributed by atoms with Gasteiger partial charge in [0, 0.05) is 37.9 Å². The summed E-state index contributed by atoms with van der Waals surface area (Å²) < 4.78 is 7.40.